The average Bonchev–Trinajstić information content (AvgIpc) is 2.93. The Morgan fingerprint density at radius 1 is 1.24 bits per heavy atom. The van der Waals surface area contributed by atoms with Crippen molar-refractivity contribution in [2.24, 2.45) is 5.73 Å². The van der Waals surface area contributed by atoms with Gasteiger partial charge in [-0.25, -0.2) is 0 Å². The summed E-state index contributed by atoms with van der Waals surface area (Å²) < 4.78 is 0. The van der Waals surface area contributed by atoms with Gasteiger partial charge in [0.1, 0.15) is 0 Å². The Kier molecular flexibility index (Phi) is 4.56. The van der Waals surface area contributed by atoms with Gasteiger partial charge in [-0.3, -0.25) is 9.69 Å². The monoisotopic (exact) mass is 287 g/mol. The molecule has 2 aliphatic heterocycles. The van der Waals surface area contributed by atoms with Gasteiger partial charge >= 0.3 is 0 Å². The van der Waals surface area contributed by atoms with Crippen LogP contribution in [0.5, 0.6) is 0 Å². The normalized spacial score (nSPS) is 22.3. The fraction of sp³-hybridized carbons (Fsp3) is 0.588. The molecule has 2 heterocycles. The lowest BCUT2D eigenvalue weighted by Gasteiger charge is -2.36. The Balaban J connectivity index is 1.66. The number of para-hydroxylation sites is 1. The molecule has 0 aliphatic carbocycles. The summed E-state index contributed by atoms with van der Waals surface area (Å²) in [5.74, 6) is 0.240. The molecule has 0 bridgehead atoms. The number of likely N-dealkylation sites (tertiary alicyclic amines) is 1. The fourth-order valence-electron chi connectivity index (χ4n) is 3.64. The average molecular weight is 287 g/mol. The molecular weight excluding hydrogens is 262 g/mol. The Morgan fingerprint density at radius 2 is 2.10 bits per heavy atom. The van der Waals surface area contributed by atoms with E-state index in [4.69, 9.17) is 5.73 Å². The second kappa shape index (κ2) is 6.58. The molecule has 0 spiro atoms. The van der Waals surface area contributed by atoms with E-state index in [-0.39, 0.29) is 5.91 Å². The van der Waals surface area contributed by atoms with E-state index in [1.54, 1.807) is 0 Å². The maximum absolute atomic E-state index is 12.7. The van der Waals surface area contributed by atoms with Crippen LogP contribution in [0.4, 0.5) is 5.69 Å². The van der Waals surface area contributed by atoms with Crippen molar-refractivity contribution in [2.75, 3.05) is 31.1 Å². The quantitative estimate of drug-likeness (QED) is 0.918. The minimum absolute atomic E-state index is 0.240. The van der Waals surface area contributed by atoms with Gasteiger partial charge in [0.15, 0.2) is 0 Å². The molecule has 0 saturated carbocycles. The smallest absolute Gasteiger partial charge is 0.241 e. The zero-order valence-corrected chi connectivity index (χ0v) is 12.6. The Labute approximate surface area is 126 Å². The van der Waals surface area contributed by atoms with E-state index in [0.29, 0.717) is 19.1 Å². The summed E-state index contributed by atoms with van der Waals surface area (Å²) in [5, 5.41) is 0. The highest BCUT2D eigenvalue weighted by atomic mass is 16.2. The van der Waals surface area contributed by atoms with Crippen molar-refractivity contribution in [1.82, 2.24) is 4.90 Å². The Bertz CT molecular complexity index is 501. The van der Waals surface area contributed by atoms with Gasteiger partial charge in [-0.15, -0.1) is 0 Å². The zero-order chi connectivity index (χ0) is 14.7. The number of nitrogens with two attached hydrogens (primary N) is 1. The third-order valence-corrected chi connectivity index (χ3v) is 4.78. The molecule has 1 fully saturated rings. The van der Waals surface area contributed by atoms with Crippen LogP contribution in [0.2, 0.25) is 0 Å². The van der Waals surface area contributed by atoms with Crippen molar-refractivity contribution in [3.8, 4) is 0 Å². The second-order valence-electron chi connectivity index (χ2n) is 6.12. The molecule has 4 heteroatoms. The molecule has 1 unspecified atom stereocenters. The van der Waals surface area contributed by atoms with Crippen molar-refractivity contribution in [2.45, 2.75) is 38.1 Å². The first-order valence-electron chi connectivity index (χ1n) is 8.12. The van der Waals surface area contributed by atoms with Crippen molar-refractivity contribution in [3.05, 3.63) is 29.8 Å². The largest absolute Gasteiger partial charge is 0.330 e. The first-order valence-corrected chi connectivity index (χ1v) is 8.12. The van der Waals surface area contributed by atoms with Crippen LogP contribution >= 0.6 is 0 Å². The summed E-state index contributed by atoms with van der Waals surface area (Å²) in [6.07, 6.45) is 5.63. The van der Waals surface area contributed by atoms with Gasteiger partial charge < -0.3 is 10.6 Å². The lowest BCUT2D eigenvalue weighted by Crippen LogP contribution is -2.47. The molecule has 0 radical (unpaired) electrons. The summed E-state index contributed by atoms with van der Waals surface area (Å²) in [5.41, 5.74) is 8.12. The molecule has 3 rings (SSSR count). The number of anilines is 1. The Hall–Kier alpha value is -1.39. The lowest BCUT2D eigenvalue weighted by atomic mass is 9.99. The van der Waals surface area contributed by atoms with Crippen LogP contribution in [0, 0.1) is 0 Å². The Morgan fingerprint density at radius 3 is 2.95 bits per heavy atom. The third-order valence-electron chi connectivity index (χ3n) is 4.78. The van der Waals surface area contributed by atoms with E-state index in [9.17, 15) is 4.79 Å². The van der Waals surface area contributed by atoms with Crippen LogP contribution in [0.3, 0.4) is 0 Å². The highest BCUT2D eigenvalue weighted by molar-refractivity contribution is 5.96. The summed E-state index contributed by atoms with van der Waals surface area (Å²) in [6.45, 7) is 3.11. The highest BCUT2D eigenvalue weighted by Crippen LogP contribution is 2.28. The molecule has 4 nitrogen and oxygen atoms in total. The summed E-state index contributed by atoms with van der Waals surface area (Å²) in [4.78, 5) is 17.0. The molecule has 114 valence electrons. The van der Waals surface area contributed by atoms with E-state index in [1.165, 1.54) is 24.8 Å². The van der Waals surface area contributed by atoms with E-state index >= 15 is 0 Å². The molecule has 1 aromatic carbocycles. The van der Waals surface area contributed by atoms with Gasteiger partial charge in [0.2, 0.25) is 5.91 Å². The van der Waals surface area contributed by atoms with Gasteiger partial charge in [0.25, 0.3) is 0 Å². The minimum Gasteiger partial charge on any atom is -0.330 e. The third kappa shape index (κ3) is 3.11. The molecule has 1 atom stereocenters. The molecular formula is C17H25N3O. The highest BCUT2D eigenvalue weighted by Gasteiger charge is 2.28. The predicted molar refractivity (Wildman–Crippen MR) is 85.4 cm³/mol. The van der Waals surface area contributed by atoms with Crippen molar-refractivity contribution < 1.29 is 4.79 Å². The number of benzene rings is 1. The van der Waals surface area contributed by atoms with Gasteiger partial charge in [0.05, 0.1) is 6.54 Å². The lowest BCUT2D eigenvalue weighted by molar-refractivity contribution is -0.120. The number of carbonyl (C=O) groups excluding carboxylic acids is 1. The van der Waals surface area contributed by atoms with Gasteiger partial charge in [-0.05, 0) is 50.4 Å². The van der Waals surface area contributed by atoms with Gasteiger partial charge in [-0.2, -0.15) is 0 Å². The van der Waals surface area contributed by atoms with Gasteiger partial charge in [-0.1, -0.05) is 24.6 Å². The van der Waals surface area contributed by atoms with E-state index < -0.39 is 0 Å². The van der Waals surface area contributed by atoms with Crippen LogP contribution in [0.1, 0.15) is 31.2 Å². The number of amides is 1. The standard InChI is InChI=1S/C17H25N3O/c18-10-8-15-6-3-4-11-19(15)13-17(21)20-12-9-14-5-1-2-7-16(14)20/h1-2,5,7,15H,3-4,6,8-13,18H2. The fourth-order valence-corrected chi connectivity index (χ4v) is 3.64. The summed E-state index contributed by atoms with van der Waals surface area (Å²) in [6, 6.07) is 8.75. The van der Waals surface area contributed by atoms with Gasteiger partial charge in [0, 0.05) is 18.3 Å². The zero-order valence-electron chi connectivity index (χ0n) is 12.6. The number of rotatable bonds is 4. The second-order valence-corrected chi connectivity index (χ2v) is 6.12. The topological polar surface area (TPSA) is 49.6 Å². The molecule has 2 aliphatic rings. The minimum atomic E-state index is 0.240. The summed E-state index contributed by atoms with van der Waals surface area (Å²) in [7, 11) is 0. The van der Waals surface area contributed by atoms with E-state index in [1.807, 2.05) is 11.0 Å². The first kappa shape index (κ1) is 14.5. The van der Waals surface area contributed by atoms with Crippen LogP contribution < -0.4 is 10.6 Å². The predicted octanol–water partition coefficient (Wildman–Crippen LogP) is 1.78. The molecule has 1 saturated heterocycles. The van der Waals surface area contributed by atoms with Crippen molar-refractivity contribution in [1.29, 1.82) is 0 Å². The number of hydrogen-bond donors (Lipinski definition) is 1. The molecule has 0 aromatic heterocycles. The molecule has 2 N–H and O–H groups in total. The first-order chi connectivity index (χ1) is 10.3. The molecule has 1 amide bonds. The summed E-state index contributed by atoms with van der Waals surface area (Å²) >= 11 is 0. The number of hydrogen-bond acceptors (Lipinski definition) is 3. The SMILES string of the molecule is NCCC1CCCCN1CC(=O)N1CCc2ccccc21. The maximum Gasteiger partial charge on any atom is 0.241 e. The van der Waals surface area contributed by atoms with Crippen LogP contribution in [-0.2, 0) is 11.2 Å². The number of nitrogens with zero attached hydrogens (tertiary/aromatic N) is 2. The van der Waals surface area contributed by atoms with E-state index in [2.05, 4.69) is 23.1 Å². The van der Waals surface area contributed by atoms with Crippen molar-refractivity contribution in [3.63, 3.8) is 0 Å². The molecule has 1 aromatic rings. The van der Waals surface area contributed by atoms with Crippen LogP contribution in [0.25, 0.3) is 0 Å². The van der Waals surface area contributed by atoms with Crippen LogP contribution in [-0.4, -0.2) is 43.0 Å². The number of carbonyl (C=O) groups is 1. The number of fused-ring (bicyclic) bond motifs is 1. The van der Waals surface area contributed by atoms with Crippen molar-refractivity contribution >= 4 is 11.6 Å². The number of piperidine rings is 1. The van der Waals surface area contributed by atoms with E-state index in [0.717, 1.165) is 31.6 Å². The molecule has 21 heavy (non-hydrogen) atoms. The maximum atomic E-state index is 12.7. The van der Waals surface area contributed by atoms with Crippen LogP contribution in [0.15, 0.2) is 24.3 Å².